The fraction of sp³-hybridized carbons (Fsp3) is 0.267. The molecule has 0 unspecified atom stereocenters. The Morgan fingerprint density at radius 1 is 1.12 bits per heavy atom. The van der Waals surface area contributed by atoms with Crippen molar-refractivity contribution in [3.05, 3.63) is 48.1 Å². The molecule has 1 aromatic carbocycles. The van der Waals surface area contributed by atoms with Gasteiger partial charge in [-0.2, -0.15) is 0 Å². The average molecular weight is 227 g/mol. The Hall–Kier alpha value is -1.83. The number of benzene rings is 1. The zero-order valence-corrected chi connectivity index (χ0v) is 10.3. The van der Waals surface area contributed by atoms with Gasteiger partial charge in [-0.3, -0.25) is 4.79 Å². The molecule has 0 radical (unpaired) electrons. The van der Waals surface area contributed by atoms with Crippen molar-refractivity contribution in [2.24, 2.45) is 0 Å². The van der Waals surface area contributed by atoms with Gasteiger partial charge in [0, 0.05) is 18.8 Å². The minimum atomic E-state index is 0.0929. The molecule has 0 atom stereocenters. The van der Waals surface area contributed by atoms with E-state index in [9.17, 15) is 4.79 Å². The quantitative estimate of drug-likeness (QED) is 0.584. The van der Waals surface area contributed by atoms with Crippen molar-refractivity contribution in [2.75, 3.05) is 18.0 Å². The molecule has 0 aliphatic carbocycles. The summed E-state index contributed by atoms with van der Waals surface area (Å²) in [5.74, 6) is 0.0929. The lowest BCUT2D eigenvalue weighted by Gasteiger charge is -2.17. The molecule has 0 aromatic heterocycles. The zero-order valence-electron chi connectivity index (χ0n) is 10.3. The summed E-state index contributed by atoms with van der Waals surface area (Å²) in [5.41, 5.74) is 3.36. The Bertz CT molecular complexity index is 460. The number of carbonyl (C=O) groups is 1. The molecular formula is C15H17NO. The molecule has 1 aliphatic heterocycles. The van der Waals surface area contributed by atoms with E-state index >= 15 is 0 Å². The molecule has 0 N–H and O–H groups in total. The maximum atomic E-state index is 11.0. The van der Waals surface area contributed by atoms with E-state index in [4.69, 9.17) is 0 Å². The molecule has 0 fully saturated rings. The summed E-state index contributed by atoms with van der Waals surface area (Å²) in [4.78, 5) is 13.3. The van der Waals surface area contributed by atoms with E-state index in [-0.39, 0.29) is 5.78 Å². The Morgan fingerprint density at radius 2 is 1.71 bits per heavy atom. The number of anilines is 1. The van der Waals surface area contributed by atoms with E-state index in [0.717, 1.165) is 24.2 Å². The van der Waals surface area contributed by atoms with E-state index in [1.165, 1.54) is 5.69 Å². The first-order valence-electron chi connectivity index (χ1n) is 5.86. The third-order valence-electron chi connectivity index (χ3n) is 2.93. The summed E-state index contributed by atoms with van der Waals surface area (Å²) in [6.45, 7) is 5.52. The van der Waals surface area contributed by atoms with Crippen LogP contribution in [-0.4, -0.2) is 18.9 Å². The number of ketones is 1. The second-order valence-corrected chi connectivity index (χ2v) is 4.36. The second kappa shape index (κ2) is 5.00. The standard InChI is InChI=1S/C15H17NO/c1-12(11-13(2)17)14-5-7-15(8-6-14)16-9-3-4-10-16/h3-8,11H,9-10H2,1-2H3/b12-11-. The molecule has 17 heavy (non-hydrogen) atoms. The first kappa shape index (κ1) is 11.6. The SMILES string of the molecule is CC(=O)/C=C(/C)c1ccc(N2CC=CC2)cc1. The minimum Gasteiger partial charge on any atom is -0.364 e. The topological polar surface area (TPSA) is 20.3 Å². The summed E-state index contributed by atoms with van der Waals surface area (Å²) < 4.78 is 0. The van der Waals surface area contributed by atoms with Crippen LogP contribution in [0.25, 0.3) is 5.57 Å². The Labute approximate surface area is 102 Å². The second-order valence-electron chi connectivity index (χ2n) is 4.36. The van der Waals surface area contributed by atoms with Crippen LogP contribution in [0.3, 0.4) is 0 Å². The van der Waals surface area contributed by atoms with Gasteiger partial charge in [-0.1, -0.05) is 24.3 Å². The van der Waals surface area contributed by atoms with E-state index in [1.54, 1.807) is 13.0 Å². The van der Waals surface area contributed by atoms with Gasteiger partial charge in [-0.15, -0.1) is 0 Å². The highest BCUT2D eigenvalue weighted by atomic mass is 16.1. The highest BCUT2D eigenvalue weighted by molar-refractivity contribution is 5.94. The lowest BCUT2D eigenvalue weighted by atomic mass is 10.1. The maximum Gasteiger partial charge on any atom is 0.152 e. The van der Waals surface area contributed by atoms with Crippen molar-refractivity contribution < 1.29 is 4.79 Å². The summed E-state index contributed by atoms with van der Waals surface area (Å²) in [5, 5.41) is 0. The van der Waals surface area contributed by atoms with E-state index in [2.05, 4.69) is 41.3 Å². The van der Waals surface area contributed by atoms with Gasteiger partial charge >= 0.3 is 0 Å². The van der Waals surface area contributed by atoms with Crippen molar-refractivity contribution in [1.82, 2.24) is 0 Å². The van der Waals surface area contributed by atoms with Gasteiger partial charge in [0.15, 0.2) is 5.78 Å². The van der Waals surface area contributed by atoms with Gasteiger partial charge < -0.3 is 4.90 Å². The van der Waals surface area contributed by atoms with Crippen LogP contribution in [0.5, 0.6) is 0 Å². The zero-order chi connectivity index (χ0) is 12.3. The maximum absolute atomic E-state index is 11.0. The molecule has 2 heteroatoms. The monoisotopic (exact) mass is 227 g/mol. The largest absolute Gasteiger partial charge is 0.364 e. The smallest absolute Gasteiger partial charge is 0.152 e. The first-order chi connectivity index (χ1) is 8.16. The van der Waals surface area contributed by atoms with Gasteiger partial charge in [-0.05, 0) is 43.2 Å². The number of carbonyl (C=O) groups excluding carboxylic acids is 1. The van der Waals surface area contributed by atoms with Crippen molar-refractivity contribution in [1.29, 1.82) is 0 Å². The lowest BCUT2D eigenvalue weighted by Crippen LogP contribution is -2.18. The minimum absolute atomic E-state index is 0.0929. The summed E-state index contributed by atoms with van der Waals surface area (Å²) in [6.07, 6.45) is 6.02. The Balaban J connectivity index is 2.15. The van der Waals surface area contributed by atoms with Gasteiger partial charge in [0.25, 0.3) is 0 Å². The molecule has 1 heterocycles. The third-order valence-corrected chi connectivity index (χ3v) is 2.93. The molecule has 0 saturated heterocycles. The third kappa shape index (κ3) is 2.84. The number of allylic oxidation sites excluding steroid dienone is 2. The normalized spacial score (nSPS) is 15.4. The highest BCUT2D eigenvalue weighted by Crippen LogP contribution is 2.21. The highest BCUT2D eigenvalue weighted by Gasteiger charge is 2.07. The van der Waals surface area contributed by atoms with Gasteiger partial charge in [-0.25, -0.2) is 0 Å². The summed E-state index contributed by atoms with van der Waals surface area (Å²) in [7, 11) is 0. The number of hydrogen-bond acceptors (Lipinski definition) is 2. The molecule has 1 aromatic rings. The fourth-order valence-electron chi connectivity index (χ4n) is 2.01. The van der Waals surface area contributed by atoms with E-state index < -0.39 is 0 Å². The van der Waals surface area contributed by atoms with Crippen LogP contribution in [0.2, 0.25) is 0 Å². The van der Waals surface area contributed by atoms with Crippen molar-refractivity contribution in [3.8, 4) is 0 Å². The van der Waals surface area contributed by atoms with Gasteiger partial charge in [0.05, 0.1) is 0 Å². The van der Waals surface area contributed by atoms with Gasteiger partial charge in [0.2, 0.25) is 0 Å². The molecule has 0 spiro atoms. The van der Waals surface area contributed by atoms with Crippen LogP contribution in [-0.2, 0) is 4.79 Å². The predicted molar refractivity (Wildman–Crippen MR) is 72.1 cm³/mol. The first-order valence-corrected chi connectivity index (χ1v) is 5.86. The fourth-order valence-corrected chi connectivity index (χ4v) is 2.01. The predicted octanol–water partition coefficient (Wildman–Crippen LogP) is 3.06. The van der Waals surface area contributed by atoms with E-state index in [1.807, 2.05) is 6.92 Å². The molecule has 2 nitrogen and oxygen atoms in total. The molecule has 2 rings (SSSR count). The molecule has 0 bridgehead atoms. The summed E-state index contributed by atoms with van der Waals surface area (Å²) >= 11 is 0. The van der Waals surface area contributed by atoms with Crippen molar-refractivity contribution in [2.45, 2.75) is 13.8 Å². The number of nitrogens with zero attached hydrogens (tertiary/aromatic N) is 1. The average Bonchev–Trinajstić information content (AvgIpc) is 2.82. The number of hydrogen-bond donors (Lipinski definition) is 0. The summed E-state index contributed by atoms with van der Waals surface area (Å²) in [6, 6.07) is 8.37. The van der Waals surface area contributed by atoms with Crippen LogP contribution >= 0.6 is 0 Å². The molecule has 88 valence electrons. The van der Waals surface area contributed by atoms with Crippen molar-refractivity contribution >= 4 is 17.0 Å². The van der Waals surface area contributed by atoms with Crippen LogP contribution < -0.4 is 4.90 Å². The molecular weight excluding hydrogens is 210 g/mol. The Kier molecular flexibility index (Phi) is 3.43. The number of rotatable bonds is 3. The van der Waals surface area contributed by atoms with Gasteiger partial charge in [0.1, 0.15) is 0 Å². The molecule has 0 saturated carbocycles. The van der Waals surface area contributed by atoms with Crippen LogP contribution in [0.15, 0.2) is 42.5 Å². The van der Waals surface area contributed by atoms with E-state index in [0.29, 0.717) is 0 Å². The molecule has 0 amide bonds. The van der Waals surface area contributed by atoms with Crippen LogP contribution in [0.4, 0.5) is 5.69 Å². The molecule has 1 aliphatic rings. The lowest BCUT2D eigenvalue weighted by molar-refractivity contribution is -0.112. The van der Waals surface area contributed by atoms with Crippen LogP contribution in [0.1, 0.15) is 19.4 Å². The van der Waals surface area contributed by atoms with Crippen LogP contribution in [0, 0.1) is 0 Å². The Morgan fingerprint density at radius 3 is 2.24 bits per heavy atom. The van der Waals surface area contributed by atoms with Crippen molar-refractivity contribution in [3.63, 3.8) is 0 Å².